The van der Waals surface area contributed by atoms with E-state index in [-0.39, 0.29) is 18.3 Å². The third-order valence-corrected chi connectivity index (χ3v) is 8.18. The molecule has 1 N–H and O–H groups in total. The summed E-state index contributed by atoms with van der Waals surface area (Å²) in [4.78, 5) is 32.8. The van der Waals surface area contributed by atoms with Gasteiger partial charge >= 0.3 is 0 Å². The van der Waals surface area contributed by atoms with E-state index >= 15 is 0 Å². The molecule has 8 nitrogen and oxygen atoms in total. The van der Waals surface area contributed by atoms with Gasteiger partial charge in [-0.05, 0) is 60.5 Å². The maximum absolute atomic E-state index is 13.9. The summed E-state index contributed by atoms with van der Waals surface area (Å²) in [7, 11) is 1.59. The molecule has 4 aromatic rings. The number of carbonyl (C=O) groups is 1. The molecular formula is C29H22BrN3O5S. The molecule has 10 heteroatoms. The van der Waals surface area contributed by atoms with Crippen LogP contribution in [0.2, 0.25) is 0 Å². The van der Waals surface area contributed by atoms with Crippen LogP contribution in [-0.4, -0.2) is 24.4 Å². The van der Waals surface area contributed by atoms with E-state index in [4.69, 9.17) is 19.2 Å². The topological polar surface area (TPSA) is 91.2 Å². The van der Waals surface area contributed by atoms with Crippen LogP contribution in [0.15, 0.2) is 92.3 Å². The highest BCUT2D eigenvalue weighted by Crippen LogP contribution is 2.37. The zero-order valence-corrected chi connectivity index (χ0v) is 23.3. The number of hydrogen-bond donors (Lipinski definition) is 1. The average molecular weight is 604 g/mol. The fourth-order valence-electron chi connectivity index (χ4n) is 4.62. The number of thiazole rings is 1. The lowest BCUT2D eigenvalue weighted by Crippen LogP contribution is -2.40. The third kappa shape index (κ3) is 4.66. The number of aromatic nitrogens is 1. The molecule has 0 spiro atoms. The molecule has 1 atom stereocenters. The number of anilines is 1. The maximum atomic E-state index is 13.9. The molecule has 1 amide bonds. The van der Waals surface area contributed by atoms with Crippen LogP contribution in [0.25, 0.3) is 6.08 Å². The van der Waals surface area contributed by atoms with Crippen molar-refractivity contribution in [2.45, 2.75) is 13.0 Å². The Kier molecular flexibility index (Phi) is 6.58. The van der Waals surface area contributed by atoms with E-state index < -0.39 is 6.04 Å². The minimum atomic E-state index is -0.682. The first-order valence-electron chi connectivity index (χ1n) is 12.0. The number of amides is 1. The van der Waals surface area contributed by atoms with Crippen LogP contribution in [-0.2, 0) is 4.79 Å². The van der Waals surface area contributed by atoms with Crippen molar-refractivity contribution in [3.05, 3.63) is 113 Å². The Morgan fingerprint density at radius 2 is 1.85 bits per heavy atom. The molecule has 0 saturated carbocycles. The molecule has 3 heterocycles. The van der Waals surface area contributed by atoms with Crippen molar-refractivity contribution < 1.29 is 19.0 Å². The highest BCUT2D eigenvalue weighted by atomic mass is 79.9. The Hall–Kier alpha value is -4.15. The van der Waals surface area contributed by atoms with Crippen molar-refractivity contribution in [3.63, 3.8) is 0 Å². The summed E-state index contributed by atoms with van der Waals surface area (Å²) in [5, 5.41) is 2.96. The molecule has 0 bridgehead atoms. The Bertz CT molecular complexity index is 1810. The number of ether oxygens (including phenoxy) is 3. The molecular weight excluding hydrogens is 582 g/mol. The van der Waals surface area contributed by atoms with Gasteiger partial charge in [0.1, 0.15) is 5.75 Å². The first-order chi connectivity index (χ1) is 18.9. The van der Waals surface area contributed by atoms with Gasteiger partial charge in [-0.3, -0.25) is 14.2 Å². The second-order valence-corrected chi connectivity index (χ2v) is 10.8. The normalized spacial score (nSPS) is 16.1. The molecule has 2 aliphatic heterocycles. The molecule has 0 radical (unpaired) electrons. The van der Waals surface area contributed by atoms with E-state index in [2.05, 4.69) is 21.2 Å². The summed E-state index contributed by atoms with van der Waals surface area (Å²) in [6, 6.07) is 19.5. The number of nitrogens with zero attached hydrogens (tertiary/aromatic N) is 2. The van der Waals surface area contributed by atoms with Gasteiger partial charge in [0.25, 0.3) is 11.5 Å². The minimum Gasteiger partial charge on any atom is -0.497 e. The number of fused-ring (bicyclic) bond motifs is 2. The fourth-order valence-corrected chi connectivity index (χ4v) is 6.09. The number of methoxy groups -OCH3 is 1. The maximum Gasteiger partial charge on any atom is 0.271 e. The standard InChI is InChI=1S/C29H22BrN3O5S/c1-16-25(27(34)32-19-6-4-3-5-7-19)26(17-8-10-20(36-2)11-9-17)33-28(35)24(39-29(33)31-16)13-18-12-22-23(14-21(18)30)38-15-37-22/h3-14,26H,15H2,1-2H3,(H,32,34)/b24-13+/t26-/m1/s1. The summed E-state index contributed by atoms with van der Waals surface area (Å²) in [5.41, 5.74) is 2.88. The molecule has 1 aromatic heterocycles. The quantitative estimate of drug-likeness (QED) is 0.366. The number of allylic oxidation sites excluding steroid dienone is 1. The molecule has 0 aliphatic carbocycles. The second-order valence-electron chi connectivity index (χ2n) is 8.90. The first kappa shape index (κ1) is 25.1. The van der Waals surface area contributed by atoms with Gasteiger partial charge in [-0.25, -0.2) is 4.99 Å². The Morgan fingerprint density at radius 3 is 2.56 bits per heavy atom. The van der Waals surface area contributed by atoms with E-state index in [9.17, 15) is 9.59 Å². The summed E-state index contributed by atoms with van der Waals surface area (Å²) in [6.45, 7) is 1.95. The zero-order valence-electron chi connectivity index (χ0n) is 20.9. The van der Waals surface area contributed by atoms with Crippen LogP contribution in [0, 0.1) is 0 Å². The molecule has 0 unspecified atom stereocenters. The average Bonchev–Trinajstić information content (AvgIpc) is 3.51. The lowest BCUT2D eigenvalue weighted by atomic mass is 9.95. The van der Waals surface area contributed by atoms with Gasteiger partial charge < -0.3 is 19.5 Å². The molecule has 196 valence electrons. The van der Waals surface area contributed by atoms with Gasteiger partial charge in [0.05, 0.1) is 29.0 Å². The molecule has 0 fully saturated rings. The lowest BCUT2D eigenvalue weighted by molar-refractivity contribution is -0.113. The zero-order chi connectivity index (χ0) is 27.1. The first-order valence-corrected chi connectivity index (χ1v) is 13.7. The largest absolute Gasteiger partial charge is 0.497 e. The predicted molar refractivity (Wildman–Crippen MR) is 152 cm³/mol. The lowest BCUT2D eigenvalue weighted by Gasteiger charge is -2.25. The van der Waals surface area contributed by atoms with Crippen molar-refractivity contribution in [1.82, 2.24) is 4.57 Å². The van der Waals surface area contributed by atoms with E-state index in [1.807, 2.05) is 66.7 Å². The summed E-state index contributed by atoms with van der Waals surface area (Å²) in [5.74, 6) is 1.61. The predicted octanol–water partition coefficient (Wildman–Crippen LogP) is 4.37. The number of rotatable bonds is 5. The van der Waals surface area contributed by atoms with Gasteiger partial charge in [-0.15, -0.1) is 0 Å². The van der Waals surface area contributed by atoms with Crippen molar-refractivity contribution in [3.8, 4) is 17.2 Å². The summed E-state index contributed by atoms with van der Waals surface area (Å²) >= 11 is 4.84. The van der Waals surface area contributed by atoms with Gasteiger partial charge in [0, 0.05) is 10.2 Å². The van der Waals surface area contributed by atoms with Crippen LogP contribution in [0.3, 0.4) is 0 Å². The number of hydrogen-bond acceptors (Lipinski definition) is 7. The van der Waals surface area contributed by atoms with Crippen LogP contribution >= 0.6 is 27.3 Å². The molecule has 3 aromatic carbocycles. The van der Waals surface area contributed by atoms with E-state index in [0.717, 1.165) is 15.6 Å². The molecule has 39 heavy (non-hydrogen) atoms. The van der Waals surface area contributed by atoms with E-state index in [1.54, 1.807) is 24.7 Å². The van der Waals surface area contributed by atoms with Gasteiger partial charge in [0.2, 0.25) is 6.79 Å². The van der Waals surface area contributed by atoms with E-state index in [1.165, 1.54) is 11.3 Å². The van der Waals surface area contributed by atoms with Gasteiger partial charge in [-0.2, -0.15) is 0 Å². The van der Waals surface area contributed by atoms with Crippen LogP contribution in [0.5, 0.6) is 17.2 Å². The number of halogens is 1. The van der Waals surface area contributed by atoms with Crippen molar-refractivity contribution in [2.75, 3.05) is 19.2 Å². The van der Waals surface area contributed by atoms with Crippen LogP contribution < -0.4 is 34.4 Å². The highest BCUT2D eigenvalue weighted by Gasteiger charge is 2.32. The summed E-state index contributed by atoms with van der Waals surface area (Å²) < 4.78 is 19.1. The van der Waals surface area contributed by atoms with Crippen molar-refractivity contribution in [2.24, 2.45) is 4.99 Å². The Labute approximate surface area is 235 Å². The van der Waals surface area contributed by atoms with Crippen LogP contribution in [0.4, 0.5) is 5.69 Å². The van der Waals surface area contributed by atoms with Crippen molar-refractivity contribution in [1.29, 1.82) is 0 Å². The monoisotopic (exact) mass is 603 g/mol. The highest BCUT2D eigenvalue weighted by molar-refractivity contribution is 9.10. The van der Waals surface area contributed by atoms with E-state index in [0.29, 0.717) is 43.5 Å². The van der Waals surface area contributed by atoms with Gasteiger partial charge in [0.15, 0.2) is 16.3 Å². The molecule has 2 aliphatic rings. The Balaban J connectivity index is 1.50. The third-order valence-electron chi connectivity index (χ3n) is 6.51. The number of nitrogens with one attached hydrogen (secondary N) is 1. The fraction of sp³-hybridized carbons (Fsp3) is 0.138. The van der Waals surface area contributed by atoms with Gasteiger partial charge in [-0.1, -0.05) is 57.6 Å². The molecule has 6 rings (SSSR count). The van der Waals surface area contributed by atoms with Crippen molar-refractivity contribution >= 4 is 44.9 Å². The minimum absolute atomic E-state index is 0.155. The molecule has 0 saturated heterocycles. The SMILES string of the molecule is COc1ccc([C@@H]2C(C(=O)Nc3ccccc3)=C(C)N=c3s/c(=C/c4cc5c(cc4Br)OCO5)c(=O)n32)cc1. The Morgan fingerprint density at radius 1 is 1.13 bits per heavy atom. The number of carbonyl (C=O) groups excluding carboxylic acids is 1. The second kappa shape index (κ2) is 10.2. The smallest absolute Gasteiger partial charge is 0.271 e. The van der Waals surface area contributed by atoms with Crippen LogP contribution in [0.1, 0.15) is 24.1 Å². The summed E-state index contributed by atoms with van der Waals surface area (Å²) in [6.07, 6.45) is 1.80. The number of para-hydroxylation sites is 1. The number of benzene rings is 3.